The van der Waals surface area contributed by atoms with Crippen LogP contribution in [0.2, 0.25) is 0 Å². The molecule has 1 N–H and O–H groups in total. The zero-order valence-corrected chi connectivity index (χ0v) is 19.1. The lowest BCUT2D eigenvalue weighted by molar-refractivity contribution is -0.140. The van der Waals surface area contributed by atoms with Crippen LogP contribution in [-0.2, 0) is 22.4 Å². The summed E-state index contributed by atoms with van der Waals surface area (Å²) in [6.45, 7) is 5.08. The van der Waals surface area contributed by atoms with E-state index in [1.165, 1.54) is 5.56 Å². The molecular weight excluding hydrogens is 404 g/mol. The molecule has 2 unspecified atom stereocenters. The van der Waals surface area contributed by atoms with Gasteiger partial charge in [-0.05, 0) is 62.3 Å². The largest absolute Gasteiger partial charge is 0.507 e. The summed E-state index contributed by atoms with van der Waals surface area (Å²) in [5.74, 6) is -0.554. The molecule has 2 atom stereocenters. The van der Waals surface area contributed by atoms with Crippen molar-refractivity contribution >= 4 is 17.4 Å². The number of amides is 1. The fraction of sp³-hybridized carbons (Fsp3) is 0.385. The van der Waals surface area contributed by atoms with Gasteiger partial charge in [0.05, 0.1) is 11.6 Å². The van der Waals surface area contributed by atoms with Crippen LogP contribution < -0.4 is 4.74 Å². The maximum Gasteiger partial charge on any atom is 0.295 e. The molecule has 0 spiro atoms. The highest BCUT2D eigenvalue weighted by Crippen LogP contribution is 2.40. The third kappa shape index (κ3) is 4.02. The van der Waals surface area contributed by atoms with E-state index < -0.39 is 17.7 Å². The molecule has 6 heteroatoms. The third-order valence-electron chi connectivity index (χ3n) is 6.20. The topological polar surface area (TPSA) is 70.1 Å². The van der Waals surface area contributed by atoms with Crippen molar-refractivity contribution in [2.24, 2.45) is 0 Å². The zero-order chi connectivity index (χ0) is 23.0. The van der Waals surface area contributed by atoms with Gasteiger partial charge in [0.2, 0.25) is 0 Å². The van der Waals surface area contributed by atoms with Gasteiger partial charge in [0, 0.05) is 25.1 Å². The molecule has 0 bridgehead atoms. The standard InChI is InChI=1S/C26H30N2O4/c1-5-17-6-8-18(9-7-17)23-22(25(30)26(31)28(23)13-12-27(3)4)24(29)19-10-11-21-20(15-19)14-16(2)32-21/h6-11,15-16,23,29H,5,12-14H2,1-4H3/b24-22+. The minimum absolute atomic E-state index is 0.0797. The van der Waals surface area contributed by atoms with Gasteiger partial charge in [-0.15, -0.1) is 0 Å². The number of hydrogen-bond acceptors (Lipinski definition) is 5. The summed E-state index contributed by atoms with van der Waals surface area (Å²) in [6, 6.07) is 12.7. The first-order valence-corrected chi connectivity index (χ1v) is 11.1. The molecule has 2 aromatic carbocycles. The van der Waals surface area contributed by atoms with E-state index in [2.05, 4.69) is 6.92 Å². The van der Waals surface area contributed by atoms with Crippen molar-refractivity contribution in [3.63, 3.8) is 0 Å². The lowest BCUT2D eigenvalue weighted by atomic mass is 9.93. The number of nitrogens with zero attached hydrogens (tertiary/aromatic N) is 2. The lowest BCUT2D eigenvalue weighted by Crippen LogP contribution is -2.35. The number of aryl methyl sites for hydroxylation is 1. The summed E-state index contributed by atoms with van der Waals surface area (Å²) >= 11 is 0. The van der Waals surface area contributed by atoms with Crippen LogP contribution in [0, 0.1) is 0 Å². The molecule has 32 heavy (non-hydrogen) atoms. The number of likely N-dealkylation sites (tertiary alicyclic amines) is 1. The Bertz CT molecular complexity index is 1070. The third-order valence-corrected chi connectivity index (χ3v) is 6.20. The molecule has 2 aromatic rings. The number of Topliss-reactive ketones (excluding diaryl/α,β-unsaturated/α-hetero) is 1. The van der Waals surface area contributed by atoms with E-state index in [0.717, 1.165) is 29.7 Å². The molecule has 0 saturated carbocycles. The summed E-state index contributed by atoms with van der Waals surface area (Å²) in [5.41, 5.74) is 3.66. The number of ether oxygens (including phenoxy) is 1. The molecule has 0 aliphatic carbocycles. The van der Waals surface area contributed by atoms with E-state index in [1.54, 1.807) is 11.0 Å². The SMILES string of the molecule is CCc1ccc(C2/C(=C(\O)c3ccc4c(c3)CC(C)O4)C(=O)C(=O)N2CCN(C)C)cc1. The van der Waals surface area contributed by atoms with Gasteiger partial charge in [-0.3, -0.25) is 9.59 Å². The number of carbonyl (C=O) groups is 2. The molecule has 2 aliphatic rings. The van der Waals surface area contributed by atoms with Crippen molar-refractivity contribution < 1.29 is 19.4 Å². The Hall–Kier alpha value is -3.12. The molecule has 2 heterocycles. The first-order valence-electron chi connectivity index (χ1n) is 11.1. The fourth-order valence-electron chi connectivity index (χ4n) is 4.43. The number of aliphatic hydroxyl groups excluding tert-OH is 1. The van der Waals surface area contributed by atoms with Gasteiger partial charge < -0.3 is 19.6 Å². The van der Waals surface area contributed by atoms with Gasteiger partial charge in [-0.2, -0.15) is 0 Å². The number of ketones is 1. The first kappa shape index (κ1) is 22.1. The summed E-state index contributed by atoms with van der Waals surface area (Å²) in [6.07, 6.45) is 1.72. The Morgan fingerprint density at radius 3 is 2.53 bits per heavy atom. The zero-order valence-electron chi connectivity index (χ0n) is 19.1. The number of fused-ring (bicyclic) bond motifs is 1. The molecule has 2 aliphatic heterocycles. The van der Waals surface area contributed by atoms with Crippen molar-refractivity contribution in [1.82, 2.24) is 9.80 Å². The average Bonchev–Trinajstić information content (AvgIpc) is 3.27. The number of likely N-dealkylation sites (N-methyl/N-ethyl adjacent to an activating group) is 1. The number of carbonyl (C=O) groups excluding carboxylic acids is 2. The van der Waals surface area contributed by atoms with Crippen LogP contribution >= 0.6 is 0 Å². The predicted octanol–water partition coefficient (Wildman–Crippen LogP) is 3.56. The van der Waals surface area contributed by atoms with E-state index in [4.69, 9.17) is 4.74 Å². The lowest BCUT2D eigenvalue weighted by Gasteiger charge is -2.26. The molecule has 1 fully saturated rings. The van der Waals surface area contributed by atoms with Crippen LogP contribution in [0.4, 0.5) is 0 Å². The van der Waals surface area contributed by atoms with Gasteiger partial charge in [0.25, 0.3) is 11.7 Å². The smallest absolute Gasteiger partial charge is 0.295 e. The summed E-state index contributed by atoms with van der Waals surface area (Å²) in [5, 5.41) is 11.3. The maximum atomic E-state index is 13.1. The van der Waals surface area contributed by atoms with E-state index in [0.29, 0.717) is 18.7 Å². The Morgan fingerprint density at radius 2 is 1.88 bits per heavy atom. The van der Waals surface area contributed by atoms with Crippen molar-refractivity contribution in [3.05, 3.63) is 70.3 Å². The highest BCUT2D eigenvalue weighted by atomic mass is 16.5. The minimum atomic E-state index is -0.643. The normalized spacial score (nSPS) is 21.8. The highest BCUT2D eigenvalue weighted by Gasteiger charge is 2.46. The summed E-state index contributed by atoms with van der Waals surface area (Å²) in [7, 11) is 3.85. The number of benzene rings is 2. The number of aliphatic hydroxyl groups is 1. The van der Waals surface area contributed by atoms with E-state index in [1.807, 2.05) is 62.3 Å². The monoisotopic (exact) mass is 434 g/mol. The fourth-order valence-corrected chi connectivity index (χ4v) is 4.43. The van der Waals surface area contributed by atoms with Crippen LogP contribution in [0.25, 0.3) is 5.76 Å². The average molecular weight is 435 g/mol. The quantitative estimate of drug-likeness (QED) is 0.428. The van der Waals surface area contributed by atoms with Crippen LogP contribution in [0.5, 0.6) is 5.75 Å². The highest BCUT2D eigenvalue weighted by molar-refractivity contribution is 6.46. The van der Waals surface area contributed by atoms with Crippen molar-refractivity contribution in [2.45, 2.75) is 38.8 Å². The molecule has 6 nitrogen and oxygen atoms in total. The molecule has 1 saturated heterocycles. The van der Waals surface area contributed by atoms with Crippen molar-refractivity contribution in [3.8, 4) is 5.75 Å². The first-order chi connectivity index (χ1) is 15.3. The van der Waals surface area contributed by atoms with E-state index in [-0.39, 0.29) is 17.4 Å². The molecule has 4 rings (SSSR count). The Morgan fingerprint density at radius 1 is 1.16 bits per heavy atom. The molecule has 168 valence electrons. The second-order valence-electron chi connectivity index (χ2n) is 8.85. The van der Waals surface area contributed by atoms with E-state index in [9.17, 15) is 14.7 Å². The Balaban J connectivity index is 1.80. The van der Waals surface area contributed by atoms with Gasteiger partial charge in [0.15, 0.2) is 0 Å². The van der Waals surface area contributed by atoms with Gasteiger partial charge in [-0.1, -0.05) is 31.2 Å². The molecular formula is C26H30N2O4. The maximum absolute atomic E-state index is 13.1. The Labute approximate surface area is 189 Å². The van der Waals surface area contributed by atoms with E-state index >= 15 is 0 Å². The molecule has 1 amide bonds. The van der Waals surface area contributed by atoms with Gasteiger partial charge in [-0.25, -0.2) is 0 Å². The second-order valence-corrected chi connectivity index (χ2v) is 8.85. The van der Waals surface area contributed by atoms with Crippen molar-refractivity contribution in [2.75, 3.05) is 27.2 Å². The van der Waals surface area contributed by atoms with Gasteiger partial charge >= 0.3 is 0 Å². The van der Waals surface area contributed by atoms with Crippen LogP contribution in [0.1, 0.15) is 42.1 Å². The summed E-state index contributed by atoms with van der Waals surface area (Å²) in [4.78, 5) is 29.7. The predicted molar refractivity (Wildman–Crippen MR) is 124 cm³/mol. The van der Waals surface area contributed by atoms with Crippen LogP contribution in [-0.4, -0.2) is 59.9 Å². The minimum Gasteiger partial charge on any atom is -0.507 e. The Kier molecular flexibility index (Phi) is 6.07. The molecule has 0 radical (unpaired) electrons. The number of hydrogen-bond donors (Lipinski definition) is 1. The van der Waals surface area contributed by atoms with Crippen LogP contribution in [0.15, 0.2) is 48.0 Å². The molecule has 0 aromatic heterocycles. The van der Waals surface area contributed by atoms with Gasteiger partial charge in [0.1, 0.15) is 17.6 Å². The van der Waals surface area contributed by atoms with Crippen molar-refractivity contribution in [1.29, 1.82) is 0 Å². The second kappa shape index (κ2) is 8.79. The summed E-state index contributed by atoms with van der Waals surface area (Å²) < 4.78 is 5.76. The number of rotatable bonds is 6. The van der Waals surface area contributed by atoms with Crippen LogP contribution in [0.3, 0.4) is 0 Å².